The first-order chi connectivity index (χ1) is 12.5. The summed E-state index contributed by atoms with van der Waals surface area (Å²) >= 11 is 1.88. The number of thiophene rings is 1. The van der Waals surface area contributed by atoms with Crippen molar-refractivity contribution in [2.24, 2.45) is 4.99 Å². The van der Waals surface area contributed by atoms with Gasteiger partial charge in [0.15, 0.2) is 5.96 Å². The van der Waals surface area contributed by atoms with Crippen LogP contribution in [0.25, 0.3) is 0 Å². The molecule has 142 valence electrons. The second-order valence-electron chi connectivity index (χ2n) is 7.62. The summed E-state index contributed by atoms with van der Waals surface area (Å²) in [5, 5.41) is 8.84. The fourth-order valence-corrected chi connectivity index (χ4v) is 3.84. The Morgan fingerprint density at radius 1 is 1.38 bits per heavy atom. The number of rotatable bonds is 5. The van der Waals surface area contributed by atoms with Crippen LogP contribution in [-0.2, 0) is 24.9 Å². The number of hydrogen-bond donors (Lipinski definition) is 2. The van der Waals surface area contributed by atoms with E-state index in [0.717, 1.165) is 37.9 Å². The molecule has 0 fully saturated rings. The zero-order chi connectivity index (χ0) is 18.6. The summed E-state index contributed by atoms with van der Waals surface area (Å²) in [5.74, 6) is 2.35. The van der Waals surface area contributed by atoms with Crippen molar-refractivity contribution in [2.75, 3.05) is 26.7 Å². The number of aliphatic imine (C=N–C) groups is 1. The molecular weight excluding hydrogens is 346 g/mol. The Balaban J connectivity index is 1.40. The summed E-state index contributed by atoms with van der Waals surface area (Å²) in [4.78, 5) is 12.7. The van der Waals surface area contributed by atoms with Crippen LogP contribution in [0.5, 0.6) is 0 Å². The minimum atomic E-state index is -0.0259. The molecule has 6 nitrogen and oxygen atoms in total. The van der Waals surface area contributed by atoms with Crippen molar-refractivity contribution < 1.29 is 4.42 Å². The Morgan fingerprint density at radius 3 is 2.96 bits per heavy atom. The van der Waals surface area contributed by atoms with Gasteiger partial charge in [-0.1, -0.05) is 20.8 Å². The highest BCUT2D eigenvalue weighted by Gasteiger charge is 2.19. The van der Waals surface area contributed by atoms with Crippen molar-refractivity contribution in [1.29, 1.82) is 0 Å². The zero-order valence-electron chi connectivity index (χ0n) is 16.1. The maximum absolute atomic E-state index is 5.80. The molecule has 0 radical (unpaired) electrons. The molecule has 0 bridgehead atoms. The van der Waals surface area contributed by atoms with Gasteiger partial charge in [0.05, 0.1) is 12.7 Å². The van der Waals surface area contributed by atoms with Gasteiger partial charge in [0.1, 0.15) is 5.76 Å². The van der Waals surface area contributed by atoms with E-state index in [-0.39, 0.29) is 5.41 Å². The quantitative estimate of drug-likeness (QED) is 0.621. The molecule has 0 saturated carbocycles. The van der Waals surface area contributed by atoms with Gasteiger partial charge in [-0.2, -0.15) is 0 Å². The highest BCUT2D eigenvalue weighted by atomic mass is 32.1. The number of hydrogen-bond acceptors (Lipinski definition) is 5. The third-order valence-electron chi connectivity index (χ3n) is 4.53. The molecule has 0 saturated heterocycles. The smallest absolute Gasteiger partial charge is 0.213 e. The summed E-state index contributed by atoms with van der Waals surface area (Å²) in [6, 6.07) is 2.25. The van der Waals surface area contributed by atoms with Gasteiger partial charge in [0.2, 0.25) is 5.89 Å². The van der Waals surface area contributed by atoms with Crippen molar-refractivity contribution in [3.05, 3.63) is 39.7 Å². The van der Waals surface area contributed by atoms with Gasteiger partial charge >= 0.3 is 0 Å². The first-order valence-electron chi connectivity index (χ1n) is 9.13. The number of guanidine groups is 1. The fraction of sp³-hybridized carbons (Fsp3) is 0.579. The van der Waals surface area contributed by atoms with E-state index in [1.165, 1.54) is 12.0 Å². The number of fused-ring (bicyclic) bond motifs is 1. The van der Waals surface area contributed by atoms with Crippen molar-refractivity contribution in [3.63, 3.8) is 0 Å². The van der Waals surface area contributed by atoms with Gasteiger partial charge in [-0.25, -0.2) is 4.98 Å². The standard InChI is InChI=1S/C19H29N5OS/c1-19(2,3)16-11-22-17(25-16)12-23-18(20-4)21-7-9-24-8-5-15-14(13-24)6-10-26-15/h6,10-11H,5,7-9,12-13H2,1-4H3,(H2,20,21,23). The third kappa shape index (κ3) is 4.86. The van der Waals surface area contributed by atoms with Crippen molar-refractivity contribution >= 4 is 17.3 Å². The van der Waals surface area contributed by atoms with Gasteiger partial charge in [-0.15, -0.1) is 11.3 Å². The van der Waals surface area contributed by atoms with Gasteiger partial charge in [-0.3, -0.25) is 9.89 Å². The summed E-state index contributed by atoms with van der Waals surface area (Å²) < 4.78 is 5.80. The minimum absolute atomic E-state index is 0.0259. The van der Waals surface area contributed by atoms with Crippen molar-refractivity contribution in [1.82, 2.24) is 20.5 Å². The molecule has 7 heteroatoms. The number of nitrogens with zero attached hydrogens (tertiary/aromatic N) is 3. The summed E-state index contributed by atoms with van der Waals surface area (Å²) in [7, 11) is 1.78. The van der Waals surface area contributed by atoms with Crippen LogP contribution in [0.15, 0.2) is 27.1 Å². The lowest BCUT2D eigenvalue weighted by Gasteiger charge is -2.27. The maximum atomic E-state index is 5.80. The largest absolute Gasteiger partial charge is 0.443 e. The van der Waals surface area contributed by atoms with E-state index in [9.17, 15) is 0 Å². The average molecular weight is 376 g/mol. The van der Waals surface area contributed by atoms with Gasteiger partial charge < -0.3 is 15.1 Å². The first kappa shape index (κ1) is 18.9. The molecule has 1 aliphatic heterocycles. The number of nitrogens with one attached hydrogen (secondary N) is 2. The van der Waals surface area contributed by atoms with E-state index >= 15 is 0 Å². The molecule has 0 aromatic carbocycles. The maximum Gasteiger partial charge on any atom is 0.213 e. The Morgan fingerprint density at radius 2 is 2.23 bits per heavy atom. The molecule has 0 unspecified atom stereocenters. The van der Waals surface area contributed by atoms with E-state index in [4.69, 9.17) is 4.42 Å². The fourth-order valence-electron chi connectivity index (χ4n) is 2.95. The predicted molar refractivity (Wildman–Crippen MR) is 107 cm³/mol. The van der Waals surface area contributed by atoms with Crippen LogP contribution < -0.4 is 10.6 Å². The van der Waals surface area contributed by atoms with E-state index in [1.54, 1.807) is 11.9 Å². The molecule has 0 aliphatic carbocycles. The van der Waals surface area contributed by atoms with Gasteiger partial charge in [0, 0.05) is 43.5 Å². The highest BCUT2D eigenvalue weighted by Crippen LogP contribution is 2.24. The zero-order valence-corrected chi connectivity index (χ0v) is 16.9. The van der Waals surface area contributed by atoms with Crippen LogP contribution in [0.3, 0.4) is 0 Å². The topological polar surface area (TPSA) is 65.7 Å². The van der Waals surface area contributed by atoms with Crippen LogP contribution >= 0.6 is 11.3 Å². The molecule has 26 heavy (non-hydrogen) atoms. The molecule has 1 aliphatic rings. The average Bonchev–Trinajstić information content (AvgIpc) is 3.26. The lowest BCUT2D eigenvalue weighted by Crippen LogP contribution is -2.42. The summed E-state index contributed by atoms with van der Waals surface area (Å²) in [6.07, 6.45) is 2.97. The van der Waals surface area contributed by atoms with Crippen molar-refractivity contribution in [2.45, 2.75) is 45.7 Å². The van der Waals surface area contributed by atoms with Gasteiger partial charge in [-0.05, 0) is 23.4 Å². The molecule has 0 atom stereocenters. The second kappa shape index (κ2) is 8.22. The normalized spacial score (nSPS) is 15.8. The SMILES string of the molecule is CN=C(NCCN1CCc2sccc2C1)NCc1ncc(C(C)(C)C)o1. The second-order valence-corrected chi connectivity index (χ2v) is 8.62. The Bertz CT molecular complexity index is 743. The lowest BCUT2D eigenvalue weighted by atomic mass is 9.94. The molecule has 3 heterocycles. The van der Waals surface area contributed by atoms with Crippen LogP contribution in [0.4, 0.5) is 0 Å². The van der Waals surface area contributed by atoms with Crippen LogP contribution in [0.1, 0.15) is 42.9 Å². The number of aromatic nitrogens is 1. The first-order valence-corrected chi connectivity index (χ1v) is 10.0. The van der Waals surface area contributed by atoms with Crippen LogP contribution in [-0.4, -0.2) is 42.5 Å². The Labute approximate surface area is 159 Å². The lowest BCUT2D eigenvalue weighted by molar-refractivity contribution is 0.260. The molecule has 0 amide bonds. The predicted octanol–water partition coefficient (Wildman–Crippen LogP) is 2.76. The molecule has 0 spiro atoms. The summed E-state index contributed by atoms with van der Waals surface area (Å²) in [5.41, 5.74) is 1.46. The molecule has 2 N–H and O–H groups in total. The van der Waals surface area contributed by atoms with E-state index in [2.05, 4.69) is 57.7 Å². The van der Waals surface area contributed by atoms with E-state index < -0.39 is 0 Å². The molecule has 2 aromatic heterocycles. The molecular formula is C19H29N5OS. The van der Waals surface area contributed by atoms with E-state index in [1.807, 2.05) is 17.5 Å². The van der Waals surface area contributed by atoms with Crippen LogP contribution in [0, 0.1) is 0 Å². The Kier molecular flexibility index (Phi) is 5.98. The number of oxazole rings is 1. The summed E-state index contributed by atoms with van der Waals surface area (Å²) in [6.45, 7) is 10.9. The monoisotopic (exact) mass is 375 g/mol. The van der Waals surface area contributed by atoms with Gasteiger partial charge in [0.25, 0.3) is 0 Å². The highest BCUT2D eigenvalue weighted by molar-refractivity contribution is 7.10. The molecule has 3 rings (SSSR count). The minimum Gasteiger partial charge on any atom is -0.443 e. The third-order valence-corrected chi connectivity index (χ3v) is 5.55. The Hall–Kier alpha value is -1.86. The molecule has 2 aromatic rings. The van der Waals surface area contributed by atoms with E-state index in [0.29, 0.717) is 12.4 Å². The van der Waals surface area contributed by atoms with Crippen LogP contribution in [0.2, 0.25) is 0 Å². The van der Waals surface area contributed by atoms with Crippen molar-refractivity contribution in [3.8, 4) is 0 Å².